The van der Waals surface area contributed by atoms with Crippen LogP contribution in [0.4, 0.5) is 0 Å². The summed E-state index contributed by atoms with van der Waals surface area (Å²) in [5.74, 6) is 1.13. The number of ketones is 1. The zero-order valence-electron chi connectivity index (χ0n) is 18.7. The second-order valence-electron chi connectivity index (χ2n) is 8.30. The van der Waals surface area contributed by atoms with Gasteiger partial charge >= 0.3 is 0 Å². The molecule has 7 nitrogen and oxygen atoms in total. The molecule has 0 amide bonds. The highest BCUT2D eigenvalue weighted by atomic mass is 35.5. The molecule has 3 aromatic rings. The van der Waals surface area contributed by atoms with Crippen LogP contribution in [0.25, 0.3) is 11.1 Å². The van der Waals surface area contributed by atoms with Gasteiger partial charge in [-0.15, -0.1) is 0 Å². The largest absolute Gasteiger partial charge is 0.454 e. The van der Waals surface area contributed by atoms with Gasteiger partial charge in [-0.25, -0.2) is 0 Å². The Morgan fingerprint density at radius 1 is 1.18 bits per heavy atom. The first-order chi connectivity index (χ1) is 16.6. The Balaban J connectivity index is 1.46. The van der Waals surface area contributed by atoms with Crippen LogP contribution >= 0.6 is 11.6 Å². The topological polar surface area (TPSA) is 99.3 Å². The van der Waals surface area contributed by atoms with E-state index in [1.165, 1.54) is 0 Å². The van der Waals surface area contributed by atoms with E-state index in [1.807, 2.05) is 6.07 Å². The Labute approximate surface area is 203 Å². The highest BCUT2D eigenvalue weighted by molar-refractivity contribution is 6.32. The monoisotopic (exact) mass is 476 g/mol. The molecule has 0 saturated carbocycles. The van der Waals surface area contributed by atoms with Crippen molar-refractivity contribution in [3.8, 4) is 28.7 Å². The van der Waals surface area contributed by atoms with Crippen LogP contribution in [-0.2, 0) is 0 Å². The molecule has 1 aliphatic heterocycles. The second kappa shape index (κ2) is 11.2. The lowest BCUT2D eigenvalue weighted by Crippen LogP contribution is -2.36. The van der Waals surface area contributed by atoms with Crippen molar-refractivity contribution in [1.29, 1.82) is 5.26 Å². The fourth-order valence-electron chi connectivity index (χ4n) is 4.23. The molecule has 0 bridgehead atoms. The number of likely N-dealkylation sites (tertiary alicyclic amines) is 1. The van der Waals surface area contributed by atoms with Crippen LogP contribution in [0, 0.1) is 17.2 Å². The third-order valence-corrected chi connectivity index (χ3v) is 6.40. The van der Waals surface area contributed by atoms with Gasteiger partial charge in [-0.3, -0.25) is 4.79 Å². The van der Waals surface area contributed by atoms with Gasteiger partial charge in [-0.1, -0.05) is 23.7 Å². The highest BCUT2D eigenvalue weighted by Gasteiger charge is 2.22. The first-order valence-corrected chi connectivity index (χ1v) is 11.6. The van der Waals surface area contributed by atoms with E-state index in [1.54, 1.807) is 48.8 Å². The summed E-state index contributed by atoms with van der Waals surface area (Å²) in [4.78, 5) is 15.1. The number of carbonyl (C=O) groups is 1. The van der Waals surface area contributed by atoms with E-state index >= 15 is 0 Å². The minimum absolute atomic E-state index is 0.0546. The van der Waals surface area contributed by atoms with Crippen molar-refractivity contribution in [2.24, 2.45) is 5.92 Å². The fourth-order valence-corrected chi connectivity index (χ4v) is 4.45. The molecule has 8 heteroatoms. The first-order valence-electron chi connectivity index (χ1n) is 11.2. The number of carbonyl (C=O) groups excluding carboxylic acids is 1. The van der Waals surface area contributed by atoms with Crippen molar-refractivity contribution in [1.82, 2.24) is 15.1 Å². The number of benzene rings is 2. The lowest BCUT2D eigenvalue weighted by Gasteiger charge is -2.31. The smallest absolute Gasteiger partial charge is 0.163 e. The third-order valence-electron chi connectivity index (χ3n) is 6.10. The SMILES string of the molecule is N#Cc1c(Oc2ccc(C(=O)CC3CCN(CCO)CC3)cc2Cl)cccc1-c1ccnnc1. The summed E-state index contributed by atoms with van der Waals surface area (Å²) < 4.78 is 5.99. The normalized spacial score (nSPS) is 14.5. The highest BCUT2D eigenvalue weighted by Crippen LogP contribution is 2.36. The number of hydrogen-bond donors (Lipinski definition) is 1. The molecular weight excluding hydrogens is 452 g/mol. The Kier molecular flexibility index (Phi) is 7.86. The molecule has 0 radical (unpaired) electrons. The van der Waals surface area contributed by atoms with Crippen LogP contribution in [0.1, 0.15) is 35.2 Å². The number of piperidine rings is 1. The molecule has 1 aliphatic rings. The fraction of sp³-hybridized carbons (Fsp3) is 0.308. The van der Waals surface area contributed by atoms with Gasteiger partial charge in [0.25, 0.3) is 0 Å². The summed E-state index contributed by atoms with van der Waals surface area (Å²) in [6.45, 7) is 2.66. The maximum atomic E-state index is 12.8. The van der Waals surface area contributed by atoms with Crippen molar-refractivity contribution in [2.45, 2.75) is 19.3 Å². The minimum Gasteiger partial charge on any atom is -0.454 e. The number of nitrogens with zero attached hydrogens (tertiary/aromatic N) is 4. The number of Topliss-reactive ketones (excluding diaryl/α,β-unsaturated/α-hetero) is 1. The summed E-state index contributed by atoms with van der Waals surface area (Å²) in [7, 11) is 0. The number of β-amino-alcohol motifs (C(OH)–C–C–N with tert-alkyl or cyclic N) is 1. The number of aliphatic hydroxyl groups is 1. The molecule has 2 heterocycles. The van der Waals surface area contributed by atoms with Crippen LogP contribution in [0.5, 0.6) is 11.5 Å². The third kappa shape index (κ3) is 5.60. The first kappa shape index (κ1) is 23.8. The minimum atomic E-state index is 0.0546. The van der Waals surface area contributed by atoms with Gasteiger partial charge in [0.1, 0.15) is 23.1 Å². The summed E-state index contributed by atoms with van der Waals surface area (Å²) in [5.41, 5.74) is 2.35. The number of halogens is 1. The average Bonchev–Trinajstić information content (AvgIpc) is 2.87. The van der Waals surface area contributed by atoms with E-state index in [4.69, 9.17) is 21.4 Å². The van der Waals surface area contributed by atoms with Gasteiger partial charge in [0.2, 0.25) is 0 Å². The van der Waals surface area contributed by atoms with E-state index in [0.29, 0.717) is 52.1 Å². The molecule has 1 fully saturated rings. The van der Waals surface area contributed by atoms with E-state index in [-0.39, 0.29) is 12.4 Å². The van der Waals surface area contributed by atoms with Crippen molar-refractivity contribution in [2.75, 3.05) is 26.2 Å². The van der Waals surface area contributed by atoms with Crippen molar-refractivity contribution in [3.63, 3.8) is 0 Å². The lowest BCUT2D eigenvalue weighted by molar-refractivity contribution is 0.0916. The maximum Gasteiger partial charge on any atom is 0.163 e. The van der Waals surface area contributed by atoms with Gasteiger partial charge in [0, 0.05) is 29.7 Å². The molecular formula is C26H25ClN4O3. The Morgan fingerprint density at radius 2 is 2.00 bits per heavy atom. The molecule has 4 rings (SSSR count). The molecule has 1 saturated heterocycles. The molecule has 0 unspecified atom stereocenters. The summed E-state index contributed by atoms with van der Waals surface area (Å²) in [6, 6.07) is 14.3. The van der Waals surface area contributed by atoms with Gasteiger partial charge in [-0.05, 0) is 62.2 Å². The molecule has 0 atom stereocenters. The van der Waals surface area contributed by atoms with E-state index in [2.05, 4.69) is 21.2 Å². The zero-order valence-corrected chi connectivity index (χ0v) is 19.4. The number of rotatable bonds is 8. The summed E-state index contributed by atoms with van der Waals surface area (Å²) in [5, 5.41) is 26.8. The van der Waals surface area contributed by atoms with Gasteiger partial charge in [0.15, 0.2) is 5.78 Å². The Bertz CT molecular complexity index is 1190. The zero-order chi connectivity index (χ0) is 23.9. The molecule has 0 spiro atoms. The molecule has 2 aromatic carbocycles. The second-order valence-corrected chi connectivity index (χ2v) is 8.71. The number of ether oxygens (including phenoxy) is 1. The number of hydrogen-bond acceptors (Lipinski definition) is 7. The molecule has 34 heavy (non-hydrogen) atoms. The molecule has 1 aromatic heterocycles. The maximum absolute atomic E-state index is 12.8. The average molecular weight is 477 g/mol. The molecule has 0 aliphatic carbocycles. The van der Waals surface area contributed by atoms with Gasteiger partial charge < -0.3 is 14.7 Å². The van der Waals surface area contributed by atoms with Crippen LogP contribution in [0.15, 0.2) is 54.9 Å². The Morgan fingerprint density at radius 3 is 2.68 bits per heavy atom. The van der Waals surface area contributed by atoms with E-state index in [0.717, 1.165) is 31.5 Å². The predicted octanol–water partition coefficient (Wildman–Crippen LogP) is 4.74. The lowest BCUT2D eigenvalue weighted by atomic mass is 9.90. The number of aromatic nitrogens is 2. The number of aliphatic hydroxyl groups excluding tert-OH is 1. The quantitative estimate of drug-likeness (QED) is 0.469. The standard InChI is InChI=1S/C26H25ClN4O3/c27-23-15-19(24(33)14-18-7-10-31(11-8-18)12-13-32)4-5-26(23)34-25-3-1-2-21(22(25)16-28)20-6-9-29-30-17-20/h1-6,9,15,17-18,32H,7-8,10-14H2. The Hall–Kier alpha value is -3.31. The predicted molar refractivity (Wildman–Crippen MR) is 129 cm³/mol. The van der Waals surface area contributed by atoms with E-state index < -0.39 is 0 Å². The van der Waals surface area contributed by atoms with Gasteiger partial charge in [0.05, 0.1) is 24.0 Å². The summed E-state index contributed by atoms with van der Waals surface area (Å²) in [6.07, 6.45) is 5.52. The number of nitriles is 1. The van der Waals surface area contributed by atoms with Crippen molar-refractivity contribution >= 4 is 17.4 Å². The molecule has 174 valence electrons. The van der Waals surface area contributed by atoms with Crippen molar-refractivity contribution < 1.29 is 14.6 Å². The van der Waals surface area contributed by atoms with Crippen LogP contribution in [-0.4, -0.2) is 52.2 Å². The van der Waals surface area contributed by atoms with Crippen molar-refractivity contribution in [3.05, 3.63) is 71.0 Å². The summed E-state index contributed by atoms with van der Waals surface area (Å²) >= 11 is 6.46. The van der Waals surface area contributed by atoms with Crippen LogP contribution in [0.3, 0.4) is 0 Å². The van der Waals surface area contributed by atoms with Crippen LogP contribution in [0.2, 0.25) is 5.02 Å². The molecule has 1 N–H and O–H groups in total. The van der Waals surface area contributed by atoms with Gasteiger partial charge in [-0.2, -0.15) is 15.5 Å². The van der Waals surface area contributed by atoms with Crippen LogP contribution < -0.4 is 4.74 Å². The van der Waals surface area contributed by atoms with E-state index in [9.17, 15) is 10.1 Å².